The molecule has 0 bridgehead atoms. The van der Waals surface area contributed by atoms with E-state index in [1.807, 2.05) is 0 Å². The fourth-order valence-corrected chi connectivity index (χ4v) is 4.17. The summed E-state index contributed by atoms with van der Waals surface area (Å²) < 4.78 is 32.0. The number of morpholine rings is 1. The fourth-order valence-electron chi connectivity index (χ4n) is 1.98. The van der Waals surface area contributed by atoms with Crippen LogP contribution in [0.4, 0.5) is 0 Å². The predicted octanol–water partition coefficient (Wildman–Crippen LogP) is 1.23. The van der Waals surface area contributed by atoms with Crippen LogP contribution in [0.15, 0.2) is 27.6 Å². The minimum Gasteiger partial charge on any atom is -0.479 e. The Hall–Kier alpha value is -0.960. The molecule has 1 N–H and O–H groups in total. The van der Waals surface area contributed by atoms with Gasteiger partial charge in [0.2, 0.25) is 10.0 Å². The minimum atomic E-state index is -3.72. The van der Waals surface area contributed by atoms with Crippen LogP contribution in [0.2, 0.25) is 0 Å². The van der Waals surface area contributed by atoms with Gasteiger partial charge in [-0.3, -0.25) is 0 Å². The van der Waals surface area contributed by atoms with Crippen molar-refractivity contribution in [1.29, 1.82) is 0 Å². The van der Waals surface area contributed by atoms with Gasteiger partial charge in [0, 0.05) is 11.0 Å². The van der Waals surface area contributed by atoms with E-state index in [1.165, 1.54) is 6.07 Å². The first-order chi connectivity index (χ1) is 9.32. The molecule has 1 aliphatic heterocycles. The van der Waals surface area contributed by atoms with E-state index in [9.17, 15) is 13.2 Å². The van der Waals surface area contributed by atoms with E-state index < -0.39 is 22.1 Å². The largest absolute Gasteiger partial charge is 0.479 e. The molecule has 0 saturated carbocycles. The van der Waals surface area contributed by atoms with E-state index in [2.05, 4.69) is 15.9 Å². The summed E-state index contributed by atoms with van der Waals surface area (Å²) in [5, 5.41) is 8.94. The molecule has 1 aliphatic rings. The molecule has 8 heteroatoms. The zero-order valence-electron chi connectivity index (χ0n) is 10.7. The molecule has 110 valence electrons. The van der Waals surface area contributed by atoms with Gasteiger partial charge < -0.3 is 9.84 Å². The highest BCUT2D eigenvalue weighted by Gasteiger charge is 2.34. The standard InChI is InChI=1S/C12H14BrNO5S/c1-8-2-3-9(13)6-11(8)20(17,18)14-4-5-19-10(7-14)12(15)16/h2-3,6,10H,4-5,7H2,1H3,(H,15,16). The Morgan fingerprint density at radius 2 is 2.20 bits per heavy atom. The van der Waals surface area contributed by atoms with Gasteiger partial charge in [0.15, 0.2) is 6.10 Å². The van der Waals surface area contributed by atoms with E-state index in [-0.39, 0.29) is 24.6 Å². The summed E-state index contributed by atoms with van der Waals surface area (Å²) in [7, 11) is -3.72. The van der Waals surface area contributed by atoms with Gasteiger partial charge in [-0.1, -0.05) is 22.0 Å². The number of aryl methyl sites for hydroxylation is 1. The Morgan fingerprint density at radius 3 is 2.85 bits per heavy atom. The molecular formula is C12H14BrNO5S. The summed E-state index contributed by atoms with van der Waals surface area (Å²) >= 11 is 3.25. The summed E-state index contributed by atoms with van der Waals surface area (Å²) in [5.41, 5.74) is 0.617. The quantitative estimate of drug-likeness (QED) is 0.872. The van der Waals surface area contributed by atoms with E-state index >= 15 is 0 Å². The van der Waals surface area contributed by atoms with Gasteiger partial charge in [-0.25, -0.2) is 13.2 Å². The van der Waals surface area contributed by atoms with Crippen LogP contribution in [0.1, 0.15) is 5.56 Å². The van der Waals surface area contributed by atoms with Crippen LogP contribution >= 0.6 is 15.9 Å². The second kappa shape index (κ2) is 5.80. The number of nitrogens with zero attached hydrogens (tertiary/aromatic N) is 1. The zero-order valence-corrected chi connectivity index (χ0v) is 13.1. The average Bonchev–Trinajstić information content (AvgIpc) is 2.41. The topological polar surface area (TPSA) is 83.9 Å². The number of sulfonamides is 1. The molecule has 0 aliphatic carbocycles. The van der Waals surface area contributed by atoms with Crippen LogP contribution in [0.3, 0.4) is 0 Å². The highest BCUT2D eigenvalue weighted by Crippen LogP contribution is 2.25. The lowest BCUT2D eigenvalue weighted by molar-refractivity contribution is -0.153. The number of halogens is 1. The highest BCUT2D eigenvalue weighted by atomic mass is 79.9. The van der Waals surface area contributed by atoms with Gasteiger partial charge in [-0.2, -0.15) is 4.31 Å². The average molecular weight is 364 g/mol. The lowest BCUT2D eigenvalue weighted by atomic mass is 10.2. The van der Waals surface area contributed by atoms with Crippen LogP contribution in [-0.4, -0.2) is 49.6 Å². The summed E-state index contributed by atoms with van der Waals surface area (Å²) in [5.74, 6) is -1.16. The fraction of sp³-hybridized carbons (Fsp3) is 0.417. The van der Waals surface area contributed by atoms with E-state index in [4.69, 9.17) is 9.84 Å². The summed E-state index contributed by atoms with van der Waals surface area (Å²) in [4.78, 5) is 11.1. The van der Waals surface area contributed by atoms with Gasteiger partial charge in [-0.15, -0.1) is 0 Å². The molecule has 1 fully saturated rings. The molecule has 1 aromatic carbocycles. The van der Waals surface area contributed by atoms with Gasteiger partial charge >= 0.3 is 5.97 Å². The molecule has 0 amide bonds. The molecule has 0 spiro atoms. The smallest absolute Gasteiger partial charge is 0.334 e. The van der Waals surface area contributed by atoms with Crippen molar-refractivity contribution in [2.24, 2.45) is 0 Å². The molecular weight excluding hydrogens is 350 g/mol. The van der Waals surface area contributed by atoms with Gasteiger partial charge in [0.05, 0.1) is 18.0 Å². The number of hydrogen-bond acceptors (Lipinski definition) is 4. The Kier molecular flexibility index (Phi) is 4.48. The maximum Gasteiger partial charge on any atom is 0.334 e. The third-order valence-corrected chi connectivity index (χ3v) is 5.57. The van der Waals surface area contributed by atoms with Crippen molar-refractivity contribution < 1.29 is 23.1 Å². The van der Waals surface area contributed by atoms with Gasteiger partial charge in [-0.05, 0) is 24.6 Å². The first-order valence-corrected chi connectivity index (χ1v) is 8.16. The second-order valence-electron chi connectivity index (χ2n) is 4.47. The van der Waals surface area contributed by atoms with E-state index in [1.54, 1.807) is 19.1 Å². The van der Waals surface area contributed by atoms with Crippen LogP contribution in [-0.2, 0) is 19.6 Å². The van der Waals surface area contributed by atoms with Crippen molar-refractivity contribution in [3.8, 4) is 0 Å². The summed E-state index contributed by atoms with van der Waals surface area (Å²) in [6.07, 6.45) is -1.12. The molecule has 1 saturated heterocycles. The van der Waals surface area contributed by atoms with Crippen molar-refractivity contribution in [3.05, 3.63) is 28.2 Å². The van der Waals surface area contributed by atoms with Crippen LogP contribution in [0.25, 0.3) is 0 Å². The lowest BCUT2D eigenvalue weighted by Gasteiger charge is -2.30. The Morgan fingerprint density at radius 1 is 1.50 bits per heavy atom. The highest BCUT2D eigenvalue weighted by molar-refractivity contribution is 9.10. The molecule has 20 heavy (non-hydrogen) atoms. The molecule has 1 aromatic rings. The Bertz CT molecular complexity index is 631. The van der Waals surface area contributed by atoms with Crippen molar-refractivity contribution in [2.45, 2.75) is 17.9 Å². The van der Waals surface area contributed by atoms with Crippen molar-refractivity contribution in [1.82, 2.24) is 4.31 Å². The van der Waals surface area contributed by atoms with Crippen molar-refractivity contribution in [2.75, 3.05) is 19.7 Å². The normalized spacial score (nSPS) is 20.8. The maximum atomic E-state index is 12.6. The number of aliphatic carboxylic acids is 1. The van der Waals surface area contributed by atoms with Crippen molar-refractivity contribution >= 4 is 31.9 Å². The second-order valence-corrected chi connectivity index (χ2v) is 7.29. The molecule has 0 aromatic heterocycles. The first-order valence-electron chi connectivity index (χ1n) is 5.93. The SMILES string of the molecule is Cc1ccc(Br)cc1S(=O)(=O)N1CCOC(C(=O)O)C1. The Balaban J connectivity index is 2.35. The number of carboxylic acids is 1. The van der Waals surface area contributed by atoms with Gasteiger partial charge in [0.1, 0.15) is 0 Å². The Labute approximate surface area is 125 Å². The number of ether oxygens (including phenoxy) is 1. The van der Waals surface area contributed by atoms with Crippen LogP contribution in [0.5, 0.6) is 0 Å². The van der Waals surface area contributed by atoms with Crippen LogP contribution in [0, 0.1) is 6.92 Å². The maximum absolute atomic E-state index is 12.6. The predicted molar refractivity (Wildman–Crippen MR) is 75.0 cm³/mol. The molecule has 0 radical (unpaired) electrons. The number of carbonyl (C=O) groups is 1. The zero-order chi connectivity index (χ0) is 14.9. The summed E-state index contributed by atoms with van der Waals surface area (Å²) in [6, 6.07) is 4.98. The molecule has 1 atom stereocenters. The molecule has 1 heterocycles. The van der Waals surface area contributed by atoms with E-state index in [0.717, 1.165) is 4.31 Å². The summed E-state index contributed by atoms with van der Waals surface area (Å²) in [6.45, 7) is 1.75. The van der Waals surface area contributed by atoms with Crippen molar-refractivity contribution in [3.63, 3.8) is 0 Å². The number of carboxylic acid groups (broad SMARTS) is 1. The van der Waals surface area contributed by atoms with E-state index in [0.29, 0.717) is 10.0 Å². The molecule has 2 rings (SSSR count). The monoisotopic (exact) mass is 363 g/mol. The molecule has 6 nitrogen and oxygen atoms in total. The first kappa shape index (κ1) is 15.4. The third kappa shape index (κ3) is 3.03. The molecule has 1 unspecified atom stereocenters. The third-order valence-electron chi connectivity index (χ3n) is 3.07. The number of hydrogen-bond donors (Lipinski definition) is 1. The van der Waals surface area contributed by atoms with Crippen LogP contribution < -0.4 is 0 Å². The number of benzene rings is 1. The lowest BCUT2D eigenvalue weighted by Crippen LogP contribution is -2.48. The minimum absolute atomic E-state index is 0.0727. The van der Waals surface area contributed by atoms with Gasteiger partial charge in [0.25, 0.3) is 0 Å². The number of rotatable bonds is 3.